The van der Waals surface area contributed by atoms with E-state index in [-0.39, 0.29) is 10.7 Å². The highest BCUT2D eigenvalue weighted by molar-refractivity contribution is 7.80. The van der Waals surface area contributed by atoms with Crippen molar-refractivity contribution in [2.24, 2.45) is 0 Å². The summed E-state index contributed by atoms with van der Waals surface area (Å²) in [6.45, 7) is 5.89. The Balaban J connectivity index is 1.74. The van der Waals surface area contributed by atoms with E-state index in [1.807, 2.05) is 43.5 Å². The number of hydrogen-bond donors (Lipinski definition) is 1. The number of ether oxygens (including phenoxy) is 1. The Morgan fingerprint density at radius 3 is 2.44 bits per heavy atom. The van der Waals surface area contributed by atoms with Crippen LogP contribution in [0, 0.1) is 20.8 Å². The van der Waals surface area contributed by atoms with E-state index in [0.29, 0.717) is 11.4 Å². The van der Waals surface area contributed by atoms with Crippen molar-refractivity contribution >= 4 is 40.9 Å². The molecule has 2 amide bonds. The average Bonchev–Trinajstić information content (AvgIpc) is 3.04. The minimum absolute atomic E-state index is 0.00636. The maximum atomic E-state index is 13.3. The molecule has 32 heavy (non-hydrogen) atoms. The molecule has 0 bridgehead atoms. The molecule has 8 heteroatoms. The van der Waals surface area contributed by atoms with Gasteiger partial charge in [0.05, 0.1) is 12.8 Å². The van der Waals surface area contributed by atoms with Crippen LogP contribution in [-0.2, 0) is 9.59 Å². The number of anilines is 1. The van der Waals surface area contributed by atoms with Gasteiger partial charge in [-0.25, -0.2) is 4.98 Å². The largest absolute Gasteiger partial charge is 0.497 e. The van der Waals surface area contributed by atoms with Crippen LogP contribution in [0.5, 0.6) is 5.75 Å². The fourth-order valence-electron chi connectivity index (χ4n) is 3.71. The lowest BCUT2D eigenvalue weighted by atomic mass is 10.1. The second-order valence-electron chi connectivity index (χ2n) is 7.51. The Kier molecular flexibility index (Phi) is 5.63. The van der Waals surface area contributed by atoms with Gasteiger partial charge in [0.15, 0.2) is 5.11 Å². The molecule has 3 aromatic rings. The zero-order chi connectivity index (χ0) is 23.0. The van der Waals surface area contributed by atoms with Crippen LogP contribution in [0.15, 0.2) is 54.2 Å². The number of aryl methyl sites for hydroxylation is 2. The molecular formula is C24H22N4O3S. The van der Waals surface area contributed by atoms with Crippen molar-refractivity contribution in [2.45, 2.75) is 20.8 Å². The number of hydrogen-bond acceptors (Lipinski definition) is 5. The molecular weight excluding hydrogens is 424 g/mol. The molecule has 0 aliphatic carbocycles. The number of carbonyl (C=O) groups excluding carboxylic acids is 2. The van der Waals surface area contributed by atoms with E-state index >= 15 is 0 Å². The van der Waals surface area contributed by atoms with E-state index in [0.717, 1.165) is 28.3 Å². The van der Waals surface area contributed by atoms with Crippen LogP contribution in [-0.4, -0.2) is 33.6 Å². The first kappa shape index (κ1) is 21.5. The van der Waals surface area contributed by atoms with Crippen molar-refractivity contribution in [3.63, 3.8) is 0 Å². The van der Waals surface area contributed by atoms with E-state index in [1.165, 1.54) is 4.90 Å². The van der Waals surface area contributed by atoms with Crippen LogP contribution in [0.2, 0.25) is 0 Å². The van der Waals surface area contributed by atoms with Gasteiger partial charge in [0.1, 0.15) is 17.1 Å². The van der Waals surface area contributed by atoms with Crippen molar-refractivity contribution in [3.8, 4) is 11.6 Å². The summed E-state index contributed by atoms with van der Waals surface area (Å²) in [6, 6.07) is 12.7. The summed E-state index contributed by atoms with van der Waals surface area (Å²) in [6.07, 6.45) is 3.36. The van der Waals surface area contributed by atoms with Crippen LogP contribution in [0.25, 0.3) is 11.9 Å². The molecule has 0 saturated carbocycles. The molecule has 0 spiro atoms. The molecule has 0 radical (unpaired) electrons. The first-order valence-electron chi connectivity index (χ1n) is 9.97. The molecule has 4 rings (SSSR count). The minimum atomic E-state index is -0.525. The quantitative estimate of drug-likeness (QED) is 0.376. The van der Waals surface area contributed by atoms with Crippen molar-refractivity contribution < 1.29 is 14.3 Å². The van der Waals surface area contributed by atoms with Crippen LogP contribution in [0.4, 0.5) is 5.69 Å². The third-order valence-corrected chi connectivity index (χ3v) is 5.62. The highest BCUT2D eigenvalue weighted by atomic mass is 32.1. The fraction of sp³-hybridized carbons (Fsp3) is 0.167. The summed E-state index contributed by atoms with van der Waals surface area (Å²) < 4.78 is 7.17. The van der Waals surface area contributed by atoms with Gasteiger partial charge in [-0.1, -0.05) is 0 Å². The average molecular weight is 447 g/mol. The molecule has 1 saturated heterocycles. The predicted molar refractivity (Wildman–Crippen MR) is 127 cm³/mol. The van der Waals surface area contributed by atoms with Gasteiger partial charge < -0.3 is 9.30 Å². The number of benzene rings is 1. The van der Waals surface area contributed by atoms with Gasteiger partial charge in [-0.05, 0) is 92.7 Å². The number of carbonyl (C=O) groups is 2. The lowest BCUT2D eigenvalue weighted by Crippen LogP contribution is -2.54. The standard InChI is InChI=1S/C24H22N4O3S/c1-14-9-10-25-21(11-14)27-15(2)12-17(16(27)3)13-20-22(29)26-24(32)28(23(20)30)18-5-7-19(31-4)8-6-18/h5-13H,1-4H3,(H,26,29,32)/b20-13-. The molecule has 0 atom stereocenters. The number of amides is 2. The molecule has 2 aromatic heterocycles. The lowest BCUT2D eigenvalue weighted by Gasteiger charge is -2.29. The molecule has 1 N–H and O–H groups in total. The minimum Gasteiger partial charge on any atom is -0.497 e. The maximum Gasteiger partial charge on any atom is 0.270 e. The Hall–Kier alpha value is -3.78. The zero-order valence-electron chi connectivity index (χ0n) is 18.2. The normalized spacial score (nSPS) is 15.3. The maximum absolute atomic E-state index is 13.3. The zero-order valence-corrected chi connectivity index (χ0v) is 19.0. The number of nitrogens with one attached hydrogen (secondary N) is 1. The number of nitrogens with zero attached hydrogens (tertiary/aromatic N) is 3. The van der Waals surface area contributed by atoms with E-state index in [1.54, 1.807) is 43.6 Å². The van der Waals surface area contributed by atoms with Gasteiger partial charge in [-0.2, -0.15) is 0 Å². The van der Waals surface area contributed by atoms with Crippen molar-refractivity contribution in [1.29, 1.82) is 0 Å². The van der Waals surface area contributed by atoms with Crippen LogP contribution < -0.4 is 15.0 Å². The molecule has 1 aromatic carbocycles. The molecule has 1 aliphatic heterocycles. The van der Waals surface area contributed by atoms with E-state index in [4.69, 9.17) is 17.0 Å². The smallest absolute Gasteiger partial charge is 0.270 e. The summed E-state index contributed by atoms with van der Waals surface area (Å²) in [5, 5.41) is 2.65. The van der Waals surface area contributed by atoms with Crippen molar-refractivity contribution in [2.75, 3.05) is 12.0 Å². The molecule has 7 nitrogen and oxygen atoms in total. The second-order valence-corrected chi connectivity index (χ2v) is 7.90. The monoisotopic (exact) mass is 446 g/mol. The van der Waals surface area contributed by atoms with Crippen LogP contribution in [0.3, 0.4) is 0 Å². The summed E-state index contributed by atoms with van der Waals surface area (Å²) in [7, 11) is 1.56. The van der Waals surface area contributed by atoms with E-state index in [2.05, 4.69) is 10.3 Å². The van der Waals surface area contributed by atoms with E-state index < -0.39 is 11.8 Å². The second kappa shape index (κ2) is 8.39. The Bertz CT molecular complexity index is 1270. The Morgan fingerprint density at radius 2 is 1.78 bits per heavy atom. The highest BCUT2D eigenvalue weighted by Gasteiger charge is 2.34. The molecule has 1 aliphatic rings. The van der Waals surface area contributed by atoms with Gasteiger partial charge in [0.2, 0.25) is 0 Å². The summed E-state index contributed by atoms with van der Waals surface area (Å²) in [5.74, 6) is 0.428. The fourth-order valence-corrected chi connectivity index (χ4v) is 3.99. The summed E-state index contributed by atoms with van der Waals surface area (Å²) in [4.78, 5) is 31.7. The first-order chi connectivity index (χ1) is 15.3. The number of aromatic nitrogens is 2. The lowest BCUT2D eigenvalue weighted by molar-refractivity contribution is -0.122. The number of pyridine rings is 1. The molecule has 1 fully saturated rings. The first-order valence-corrected chi connectivity index (χ1v) is 10.4. The summed E-state index contributed by atoms with van der Waals surface area (Å²) >= 11 is 5.27. The highest BCUT2D eigenvalue weighted by Crippen LogP contribution is 2.26. The number of thiocarbonyl (C=S) groups is 1. The third-order valence-electron chi connectivity index (χ3n) is 5.33. The topological polar surface area (TPSA) is 76.5 Å². The molecule has 0 unspecified atom stereocenters. The molecule has 162 valence electrons. The van der Waals surface area contributed by atoms with Gasteiger partial charge >= 0.3 is 0 Å². The number of methoxy groups -OCH3 is 1. The van der Waals surface area contributed by atoms with Gasteiger partial charge in [-0.15, -0.1) is 0 Å². The van der Waals surface area contributed by atoms with Crippen molar-refractivity contribution in [3.05, 3.63) is 76.7 Å². The third kappa shape index (κ3) is 3.80. The van der Waals surface area contributed by atoms with Crippen molar-refractivity contribution in [1.82, 2.24) is 14.9 Å². The predicted octanol–water partition coefficient (Wildman–Crippen LogP) is 3.64. The van der Waals surface area contributed by atoms with E-state index in [9.17, 15) is 9.59 Å². The SMILES string of the molecule is COc1ccc(N2C(=O)/C(=C\c3cc(C)n(-c4cc(C)ccn4)c3C)C(=O)NC2=S)cc1. The van der Waals surface area contributed by atoms with Crippen LogP contribution >= 0.6 is 12.2 Å². The van der Waals surface area contributed by atoms with Crippen LogP contribution in [0.1, 0.15) is 22.5 Å². The number of rotatable bonds is 4. The van der Waals surface area contributed by atoms with Gasteiger partial charge in [-0.3, -0.25) is 19.8 Å². The Labute approximate surface area is 191 Å². The van der Waals surface area contributed by atoms with Gasteiger partial charge in [0, 0.05) is 17.6 Å². The molecule has 3 heterocycles. The Morgan fingerprint density at radius 1 is 1.06 bits per heavy atom. The summed E-state index contributed by atoms with van der Waals surface area (Å²) in [5.41, 5.74) is 4.21. The van der Waals surface area contributed by atoms with Gasteiger partial charge in [0.25, 0.3) is 11.8 Å².